The predicted molar refractivity (Wildman–Crippen MR) is 97.4 cm³/mol. The highest BCUT2D eigenvalue weighted by Gasteiger charge is 2.59. The summed E-state index contributed by atoms with van der Waals surface area (Å²) in [5.74, 6) is 2.56. The average Bonchev–Trinajstić information content (AvgIpc) is 2.87. The first-order chi connectivity index (χ1) is 11.3. The van der Waals surface area contributed by atoms with Gasteiger partial charge in [-0.25, -0.2) is 0 Å². The molecule has 4 aliphatic rings. The third-order valence-corrected chi connectivity index (χ3v) is 8.61. The monoisotopic (exact) mass is 330 g/mol. The molecule has 24 heavy (non-hydrogen) atoms. The van der Waals surface area contributed by atoms with E-state index >= 15 is 0 Å². The van der Waals surface area contributed by atoms with Gasteiger partial charge in [-0.15, -0.1) is 0 Å². The summed E-state index contributed by atoms with van der Waals surface area (Å²) in [6, 6.07) is 0. The molecule has 134 valence electrons. The number of aliphatic hydroxyl groups is 2. The third kappa shape index (κ3) is 2.15. The van der Waals surface area contributed by atoms with Crippen molar-refractivity contribution in [2.24, 2.45) is 34.5 Å². The molecule has 0 aromatic rings. The topological polar surface area (TPSA) is 40.5 Å². The summed E-state index contributed by atoms with van der Waals surface area (Å²) >= 11 is 0. The van der Waals surface area contributed by atoms with Crippen molar-refractivity contribution in [1.29, 1.82) is 0 Å². The smallest absolute Gasteiger partial charge is 0.0727 e. The zero-order valence-electron chi connectivity index (χ0n) is 15.8. The molecule has 4 aliphatic carbocycles. The standard InChI is InChI=1S/C22H34O2/c1-13-11-16-18-6-5-17(14(2)23)21(18,3)10-8-19(16)22(4)9-7-15(24)12-20(13)22/h11-12,14-19,23-24H,5-10H2,1-4H3. The second-order valence-corrected chi connectivity index (χ2v) is 9.71. The largest absolute Gasteiger partial charge is 0.393 e. The Hall–Kier alpha value is -0.600. The molecule has 2 fully saturated rings. The maximum absolute atomic E-state index is 10.3. The van der Waals surface area contributed by atoms with E-state index in [0.29, 0.717) is 23.2 Å². The lowest BCUT2D eigenvalue weighted by atomic mass is 9.47. The fourth-order valence-electron chi connectivity index (χ4n) is 7.40. The number of hydrogen-bond acceptors (Lipinski definition) is 2. The van der Waals surface area contributed by atoms with Crippen LogP contribution in [0.4, 0.5) is 0 Å². The Labute approximate surface area is 147 Å². The minimum absolute atomic E-state index is 0.180. The molecule has 0 spiro atoms. The number of rotatable bonds is 1. The summed E-state index contributed by atoms with van der Waals surface area (Å²) < 4.78 is 0. The van der Waals surface area contributed by atoms with E-state index in [1.54, 1.807) is 0 Å². The average molecular weight is 331 g/mol. The van der Waals surface area contributed by atoms with Crippen molar-refractivity contribution in [3.05, 3.63) is 23.3 Å². The third-order valence-electron chi connectivity index (χ3n) is 8.61. The Kier molecular flexibility index (Phi) is 3.82. The van der Waals surface area contributed by atoms with Crippen molar-refractivity contribution >= 4 is 0 Å². The molecule has 2 heteroatoms. The molecule has 0 amide bonds. The molecule has 0 radical (unpaired) electrons. The van der Waals surface area contributed by atoms with Crippen LogP contribution in [-0.4, -0.2) is 22.4 Å². The fraction of sp³-hybridized carbons (Fsp3) is 0.818. The maximum Gasteiger partial charge on any atom is 0.0727 e. The number of allylic oxidation sites excluding steroid dienone is 3. The number of fused-ring (bicyclic) bond motifs is 5. The molecule has 0 aromatic carbocycles. The molecule has 2 nitrogen and oxygen atoms in total. The van der Waals surface area contributed by atoms with Crippen LogP contribution in [0.1, 0.15) is 66.2 Å². The van der Waals surface area contributed by atoms with Crippen LogP contribution in [0, 0.1) is 34.5 Å². The lowest BCUT2D eigenvalue weighted by Gasteiger charge is -2.57. The first-order valence-corrected chi connectivity index (χ1v) is 10.0. The Morgan fingerprint density at radius 2 is 1.79 bits per heavy atom. The van der Waals surface area contributed by atoms with Gasteiger partial charge in [-0.2, -0.15) is 0 Å². The van der Waals surface area contributed by atoms with Crippen LogP contribution in [0.15, 0.2) is 23.3 Å². The molecular weight excluding hydrogens is 296 g/mol. The van der Waals surface area contributed by atoms with E-state index in [1.807, 2.05) is 6.92 Å². The summed E-state index contributed by atoms with van der Waals surface area (Å²) in [5, 5.41) is 20.5. The van der Waals surface area contributed by atoms with Crippen LogP contribution in [-0.2, 0) is 0 Å². The molecule has 4 rings (SSSR count). The lowest BCUT2D eigenvalue weighted by molar-refractivity contribution is -0.0462. The molecule has 2 saturated carbocycles. The SMILES string of the molecule is CC1=CC2C(CCC3(C)C(C(C)O)CCC23)C2(C)CCC(O)C=C12. The van der Waals surface area contributed by atoms with Gasteiger partial charge in [0.1, 0.15) is 0 Å². The van der Waals surface area contributed by atoms with E-state index in [2.05, 4.69) is 32.9 Å². The van der Waals surface area contributed by atoms with Gasteiger partial charge in [-0.1, -0.05) is 31.6 Å². The van der Waals surface area contributed by atoms with E-state index in [-0.39, 0.29) is 17.6 Å². The molecule has 2 N–H and O–H groups in total. The summed E-state index contributed by atoms with van der Waals surface area (Å²) in [5.41, 5.74) is 3.38. The van der Waals surface area contributed by atoms with Crippen molar-refractivity contribution in [2.45, 2.75) is 78.4 Å². The van der Waals surface area contributed by atoms with Gasteiger partial charge in [0.25, 0.3) is 0 Å². The molecular formula is C22H34O2. The summed E-state index contributed by atoms with van der Waals surface area (Å²) in [6.45, 7) is 9.17. The molecule has 0 aliphatic heterocycles. The molecule has 8 unspecified atom stereocenters. The summed E-state index contributed by atoms with van der Waals surface area (Å²) in [7, 11) is 0. The highest BCUT2D eigenvalue weighted by atomic mass is 16.3. The Morgan fingerprint density at radius 1 is 1.04 bits per heavy atom. The fourth-order valence-corrected chi connectivity index (χ4v) is 7.40. The second kappa shape index (κ2) is 5.45. The predicted octanol–water partition coefficient (Wildman–Crippen LogP) is 4.47. The molecule has 0 saturated heterocycles. The Morgan fingerprint density at radius 3 is 2.50 bits per heavy atom. The van der Waals surface area contributed by atoms with Gasteiger partial charge in [0.15, 0.2) is 0 Å². The number of hydrogen-bond donors (Lipinski definition) is 2. The van der Waals surface area contributed by atoms with Crippen LogP contribution in [0.3, 0.4) is 0 Å². The van der Waals surface area contributed by atoms with Gasteiger partial charge < -0.3 is 10.2 Å². The van der Waals surface area contributed by atoms with Crippen LogP contribution >= 0.6 is 0 Å². The minimum Gasteiger partial charge on any atom is -0.393 e. The van der Waals surface area contributed by atoms with Crippen LogP contribution in [0.5, 0.6) is 0 Å². The highest BCUT2D eigenvalue weighted by Crippen LogP contribution is 2.66. The molecule has 0 bridgehead atoms. The van der Waals surface area contributed by atoms with E-state index in [0.717, 1.165) is 18.8 Å². The van der Waals surface area contributed by atoms with Gasteiger partial charge >= 0.3 is 0 Å². The molecule has 0 aromatic heterocycles. The van der Waals surface area contributed by atoms with E-state index in [1.165, 1.54) is 36.8 Å². The number of aliphatic hydroxyl groups excluding tert-OH is 2. The second-order valence-electron chi connectivity index (χ2n) is 9.71. The highest BCUT2D eigenvalue weighted by molar-refractivity contribution is 5.42. The van der Waals surface area contributed by atoms with Crippen LogP contribution < -0.4 is 0 Å². The Balaban J connectivity index is 1.75. The zero-order valence-corrected chi connectivity index (χ0v) is 15.8. The molecule has 0 heterocycles. The van der Waals surface area contributed by atoms with E-state index in [9.17, 15) is 10.2 Å². The van der Waals surface area contributed by atoms with Crippen LogP contribution in [0.25, 0.3) is 0 Å². The normalized spacial score (nSPS) is 51.8. The van der Waals surface area contributed by atoms with Crippen molar-refractivity contribution in [3.8, 4) is 0 Å². The van der Waals surface area contributed by atoms with Gasteiger partial charge in [0.2, 0.25) is 0 Å². The zero-order chi connectivity index (χ0) is 17.3. The van der Waals surface area contributed by atoms with Crippen molar-refractivity contribution in [3.63, 3.8) is 0 Å². The van der Waals surface area contributed by atoms with Gasteiger partial charge in [0.05, 0.1) is 12.2 Å². The van der Waals surface area contributed by atoms with Gasteiger partial charge in [-0.3, -0.25) is 0 Å². The van der Waals surface area contributed by atoms with Crippen molar-refractivity contribution < 1.29 is 10.2 Å². The summed E-state index contributed by atoms with van der Waals surface area (Å²) in [4.78, 5) is 0. The van der Waals surface area contributed by atoms with E-state index < -0.39 is 0 Å². The minimum atomic E-state index is -0.257. The quantitative estimate of drug-likeness (QED) is 0.744. The lowest BCUT2D eigenvalue weighted by Crippen LogP contribution is -2.50. The van der Waals surface area contributed by atoms with E-state index in [4.69, 9.17) is 0 Å². The van der Waals surface area contributed by atoms with Crippen molar-refractivity contribution in [2.75, 3.05) is 0 Å². The first kappa shape index (κ1) is 16.8. The Bertz CT molecular complexity index is 589. The summed E-state index contributed by atoms with van der Waals surface area (Å²) in [6.07, 6.45) is 11.3. The maximum atomic E-state index is 10.3. The first-order valence-electron chi connectivity index (χ1n) is 10.0. The van der Waals surface area contributed by atoms with Crippen LogP contribution in [0.2, 0.25) is 0 Å². The van der Waals surface area contributed by atoms with Gasteiger partial charge in [0, 0.05) is 0 Å². The van der Waals surface area contributed by atoms with Crippen molar-refractivity contribution in [1.82, 2.24) is 0 Å². The van der Waals surface area contributed by atoms with Gasteiger partial charge in [-0.05, 0) is 92.4 Å². The molecule has 8 atom stereocenters.